The highest BCUT2D eigenvalue weighted by molar-refractivity contribution is 5.61. The van der Waals surface area contributed by atoms with Gasteiger partial charge in [-0.2, -0.15) is 0 Å². The van der Waals surface area contributed by atoms with Crippen molar-refractivity contribution in [2.75, 3.05) is 31.2 Å². The van der Waals surface area contributed by atoms with Crippen molar-refractivity contribution in [3.05, 3.63) is 27.9 Å². The van der Waals surface area contributed by atoms with Crippen LogP contribution in [0.1, 0.15) is 18.4 Å². The number of hydrogen-bond acceptors (Lipinski definition) is 6. The third-order valence-electron chi connectivity index (χ3n) is 3.82. The summed E-state index contributed by atoms with van der Waals surface area (Å²) >= 11 is 0. The van der Waals surface area contributed by atoms with Crippen LogP contribution in [-0.2, 0) is 9.47 Å². The summed E-state index contributed by atoms with van der Waals surface area (Å²) in [7, 11) is 0. The Hall–Kier alpha value is -1.73. The maximum atomic E-state index is 11.3. The van der Waals surface area contributed by atoms with Gasteiger partial charge in [0.25, 0.3) is 0 Å². The fourth-order valence-electron chi connectivity index (χ4n) is 2.89. The molecule has 3 rings (SSSR count). The molecule has 1 spiro atoms. The molecular weight excluding hydrogens is 262 g/mol. The molecule has 0 N–H and O–H groups in total. The van der Waals surface area contributed by atoms with Gasteiger partial charge < -0.3 is 14.4 Å². The summed E-state index contributed by atoms with van der Waals surface area (Å²) in [4.78, 5) is 17.0. The van der Waals surface area contributed by atoms with Gasteiger partial charge in [0.15, 0.2) is 5.79 Å². The summed E-state index contributed by atoms with van der Waals surface area (Å²) in [6, 6.07) is 1.66. The van der Waals surface area contributed by atoms with Crippen LogP contribution in [0.25, 0.3) is 0 Å². The Morgan fingerprint density at radius 3 is 2.90 bits per heavy atom. The second-order valence-corrected chi connectivity index (χ2v) is 5.19. The molecule has 0 radical (unpaired) electrons. The lowest BCUT2D eigenvalue weighted by atomic mass is 10.0. The second-order valence-electron chi connectivity index (χ2n) is 5.19. The van der Waals surface area contributed by atoms with Gasteiger partial charge >= 0.3 is 5.69 Å². The van der Waals surface area contributed by atoms with Crippen LogP contribution in [0.4, 0.5) is 11.5 Å². The normalized spacial score (nSPS) is 21.4. The number of nitro groups is 1. The molecule has 20 heavy (non-hydrogen) atoms. The maximum Gasteiger partial charge on any atom is 0.314 e. The molecule has 0 saturated carbocycles. The standard InChI is InChI=1S/C13H17N3O4/c1-10-3-5-14-12(11(10)16(17)18)15-6-2-4-13(9-15)19-7-8-20-13/h3,5H,2,4,6-9H2,1H3. The topological polar surface area (TPSA) is 77.7 Å². The van der Waals surface area contributed by atoms with Crippen molar-refractivity contribution in [2.45, 2.75) is 25.6 Å². The van der Waals surface area contributed by atoms with E-state index in [1.54, 1.807) is 19.2 Å². The lowest BCUT2D eigenvalue weighted by Crippen LogP contribution is -2.49. The predicted molar refractivity (Wildman–Crippen MR) is 71.7 cm³/mol. The highest BCUT2D eigenvalue weighted by atomic mass is 16.7. The molecule has 7 heteroatoms. The van der Waals surface area contributed by atoms with Crippen molar-refractivity contribution in [1.29, 1.82) is 0 Å². The first-order chi connectivity index (χ1) is 9.61. The van der Waals surface area contributed by atoms with E-state index in [9.17, 15) is 10.1 Å². The summed E-state index contributed by atoms with van der Waals surface area (Å²) in [6.45, 7) is 4.11. The largest absolute Gasteiger partial charge is 0.346 e. The van der Waals surface area contributed by atoms with Gasteiger partial charge in [-0.3, -0.25) is 10.1 Å². The first-order valence-electron chi connectivity index (χ1n) is 6.74. The Kier molecular flexibility index (Phi) is 3.31. The minimum absolute atomic E-state index is 0.0718. The Bertz CT molecular complexity index is 528. The van der Waals surface area contributed by atoms with E-state index in [1.165, 1.54) is 0 Å². The highest BCUT2D eigenvalue weighted by Crippen LogP contribution is 2.36. The lowest BCUT2D eigenvalue weighted by Gasteiger charge is -2.38. The number of ether oxygens (including phenoxy) is 2. The number of rotatable bonds is 2. The average molecular weight is 279 g/mol. The van der Waals surface area contributed by atoms with Crippen LogP contribution in [0.5, 0.6) is 0 Å². The zero-order valence-electron chi connectivity index (χ0n) is 11.4. The van der Waals surface area contributed by atoms with Crippen molar-refractivity contribution in [3.8, 4) is 0 Å². The van der Waals surface area contributed by atoms with E-state index in [2.05, 4.69) is 4.98 Å². The third-order valence-corrected chi connectivity index (χ3v) is 3.82. The maximum absolute atomic E-state index is 11.3. The van der Waals surface area contributed by atoms with Gasteiger partial charge in [0.05, 0.1) is 24.7 Å². The van der Waals surface area contributed by atoms with Crippen molar-refractivity contribution >= 4 is 11.5 Å². The fraction of sp³-hybridized carbons (Fsp3) is 0.615. The molecule has 2 saturated heterocycles. The Morgan fingerprint density at radius 1 is 1.45 bits per heavy atom. The van der Waals surface area contributed by atoms with Crippen LogP contribution < -0.4 is 4.90 Å². The number of anilines is 1. The van der Waals surface area contributed by atoms with E-state index < -0.39 is 5.79 Å². The lowest BCUT2D eigenvalue weighted by molar-refractivity contribution is -0.385. The summed E-state index contributed by atoms with van der Waals surface area (Å²) in [5.74, 6) is -0.203. The van der Waals surface area contributed by atoms with Gasteiger partial charge in [0.1, 0.15) is 0 Å². The quantitative estimate of drug-likeness (QED) is 0.605. The monoisotopic (exact) mass is 279 g/mol. The molecule has 0 unspecified atom stereocenters. The molecule has 2 aliphatic heterocycles. The van der Waals surface area contributed by atoms with Crippen molar-refractivity contribution in [2.24, 2.45) is 0 Å². The molecule has 0 atom stereocenters. The Labute approximate surface area is 116 Å². The van der Waals surface area contributed by atoms with Gasteiger partial charge in [-0.1, -0.05) is 0 Å². The SMILES string of the molecule is Cc1ccnc(N2CCCC3(C2)OCCO3)c1[N+](=O)[O-]. The van der Waals surface area contributed by atoms with E-state index in [4.69, 9.17) is 9.47 Å². The minimum atomic E-state index is -0.614. The van der Waals surface area contributed by atoms with Crippen molar-refractivity contribution < 1.29 is 14.4 Å². The molecule has 1 aromatic rings. The van der Waals surface area contributed by atoms with E-state index in [0.29, 0.717) is 31.1 Å². The van der Waals surface area contributed by atoms with Gasteiger partial charge in [-0.05, 0) is 19.4 Å². The summed E-state index contributed by atoms with van der Waals surface area (Å²) < 4.78 is 11.4. The van der Waals surface area contributed by atoms with Crippen LogP contribution in [0, 0.1) is 17.0 Å². The molecular formula is C13H17N3O4. The number of aryl methyl sites for hydroxylation is 1. The van der Waals surface area contributed by atoms with Crippen molar-refractivity contribution in [1.82, 2.24) is 4.98 Å². The highest BCUT2D eigenvalue weighted by Gasteiger charge is 2.42. The first kappa shape index (κ1) is 13.3. The predicted octanol–water partition coefficient (Wildman–Crippen LogP) is 1.64. The zero-order valence-corrected chi connectivity index (χ0v) is 11.4. The molecule has 2 fully saturated rings. The third kappa shape index (κ3) is 2.23. The average Bonchev–Trinajstić information content (AvgIpc) is 2.86. The molecule has 1 aromatic heterocycles. The molecule has 0 bridgehead atoms. The number of aromatic nitrogens is 1. The molecule has 0 amide bonds. The number of piperidine rings is 1. The van der Waals surface area contributed by atoms with E-state index in [1.807, 2.05) is 4.90 Å². The van der Waals surface area contributed by atoms with E-state index in [-0.39, 0.29) is 10.6 Å². The smallest absolute Gasteiger partial charge is 0.314 e. The number of nitrogens with zero attached hydrogens (tertiary/aromatic N) is 3. The summed E-state index contributed by atoms with van der Waals surface area (Å²) in [5.41, 5.74) is 0.690. The van der Waals surface area contributed by atoms with Gasteiger partial charge in [0.2, 0.25) is 5.82 Å². The van der Waals surface area contributed by atoms with Crippen molar-refractivity contribution in [3.63, 3.8) is 0 Å². The molecule has 108 valence electrons. The molecule has 3 heterocycles. The number of hydrogen-bond donors (Lipinski definition) is 0. The zero-order chi connectivity index (χ0) is 14.2. The molecule has 0 aliphatic carbocycles. The fourth-order valence-corrected chi connectivity index (χ4v) is 2.89. The molecule has 7 nitrogen and oxygen atoms in total. The van der Waals surface area contributed by atoms with Crippen LogP contribution >= 0.6 is 0 Å². The Balaban J connectivity index is 1.93. The summed E-state index contributed by atoms with van der Waals surface area (Å²) in [6.07, 6.45) is 3.30. The van der Waals surface area contributed by atoms with Crippen LogP contribution in [-0.4, -0.2) is 42.0 Å². The van der Waals surface area contributed by atoms with Gasteiger partial charge in [-0.15, -0.1) is 0 Å². The second kappa shape index (κ2) is 4.99. The minimum Gasteiger partial charge on any atom is -0.346 e. The molecule has 0 aromatic carbocycles. The van der Waals surface area contributed by atoms with Gasteiger partial charge in [0, 0.05) is 24.7 Å². The Morgan fingerprint density at radius 2 is 2.20 bits per heavy atom. The first-order valence-corrected chi connectivity index (χ1v) is 6.74. The van der Waals surface area contributed by atoms with Crippen LogP contribution in [0.2, 0.25) is 0 Å². The van der Waals surface area contributed by atoms with Crippen LogP contribution in [0.3, 0.4) is 0 Å². The van der Waals surface area contributed by atoms with E-state index >= 15 is 0 Å². The van der Waals surface area contributed by atoms with Gasteiger partial charge in [-0.25, -0.2) is 4.98 Å². The van der Waals surface area contributed by atoms with E-state index in [0.717, 1.165) is 19.4 Å². The summed E-state index contributed by atoms with van der Waals surface area (Å²) in [5, 5.41) is 11.3. The molecule has 2 aliphatic rings. The van der Waals surface area contributed by atoms with Crippen LogP contribution in [0.15, 0.2) is 12.3 Å². The number of pyridine rings is 1.